The fourth-order valence-corrected chi connectivity index (χ4v) is 3.16. The molecule has 1 aliphatic heterocycles. The van der Waals surface area contributed by atoms with Crippen molar-refractivity contribution >= 4 is 11.6 Å². The summed E-state index contributed by atoms with van der Waals surface area (Å²) < 4.78 is 45.2. The van der Waals surface area contributed by atoms with E-state index in [2.05, 4.69) is 10.2 Å². The van der Waals surface area contributed by atoms with Crippen LogP contribution in [0.1, 0.15) is 5.56 Å². The summed E-state index contributed by atoms with van der Waals surface area (Å²) in [6.45, 7) is 3.52. The summed E-state index contributed by atoms with van der Waals surface area (Å²) in [5, 5.41) is 2.46. The predicted molar refractivity (Wildman–Crippen MR) is 99.7 cm³/mol. The number of nitrogens with zero attached hydrogens (tertiary/aromatic N) is 2. The van der Waals surface area contributed by atoms with Crippen LogP contribution in [0.5, 0.6) is 5.75 Å². The van der Waals surface area contributed by atoms with Gasteiger partial charge in [0.05, 0.1) is 19.3 Å². The van der Waals surface area contributed by atoms with Crippen LogP contribution in [0.25, 0.3) is 0 Å². The summed E-state index contributed by atoms with van der Waals surface area (Å²) >= 11 is 0. The number of piperazine rings is 1. The molecular weight excluding hydrogens is 371 g/mol. The molecule has 0 atom stereocenters. The number of hydrogen-bond donors (Lipinski definition) is 1. The summed E-state index contributed by atoms with van der Waals surface area (Å²) in [6.07, 6.45) is 0. The Balaban J connectivity index is 1.46. The van der Waals surface area contributed by atoms with Crippen LogP contribution in [0.15, 0.2) is 36.4 Å². The maximum atomic E-state index is 13.8. The molecule has 28 heavy (non-hydrogen) atoms. The van der Waals surface area contributed by atoms with Crippen LogP contribution in [0.2, 0.25) is 0 Å². The van der Waals surface area contributed by atoms with Crippen molar-refractivity contribution in [1.82, 2.24) is 9.80 Å². The number of nitrogens with one attached hydrogen (secondary N) is 1. The third kappa shape index (κ3) is 5.24. The Morgan fingerprint density at radius 2 is 1.71 bits per heavy atom. The number of anilines is 1. The van der Waals surface area contributed by atoms with E-state index in [9.17, 15) is 18.0 Å². The monoisotopic (exact) mass is 393 g/mol. The first-order chi connectivity index (χ1) is 13.4. The minimum absolute atomic E-state index is 0.0356. The van der Waals surface area contributed by atoms with Crippen LogP contribution >= 0.6 is 0 Å². The predicted octanol–water partition coefficient (Wildman–Crippen LogP) is 2.87. The molecule has 0 saturated carbocycles. The molecule has 1 saturated heterocycles. The van der Waals surface area contributed by atoms with Gasteiger partial charge < -0.3 is 10.1 Å². The van der Waals surface area contributed by atoms with E-state index in [-0.39, 0.29) is 29.7 Å². The van der Waals surface area contributed by atoms with Crippen LogP contribution in [0, 0.1) is 17.5 Å². The average Bonchev–Trinajstić information content (AvgIpc) is 2.66. The van der Waals surface area contributed by atoms with E-state index in [1.165, 1.54) is 19.2 Å². The standard InChI is InChI=1S/C20H22F3N3O2/c1-28-19-5-2-14(10-17(19)23)12-25-6-8-26(9-7-25)13-20(27)24-18-4-3-15(21)11-16(18)22/h2-5,10-11H,6-9,12-13H2,1H3,(H,24,27). The molecule has 1 amide bonds. The quantitative estimate of drug-likeness (QED) is 0.820. The van der Waals surface area contributed by atoms with Crippen molar-refractivity contribution in [2.24, 2.45) is 0 Å². The number of carbonyl (C=O) groups is 1. The van der Waals surface area contributed by atoms with Crippen LogP contribution in [0.3, 0.4) is 0 Å². The molecule has 150 valence electrons. The number of hydrogen-bond acceptors (Lipinski definition) is 4. The Morgan fingerprint density at radius 3 is 2.36 bits per heavy atom. The molecule has 1 N–H and O–H groups in total. The highest BCUT2D eigenvalue weighted by atomic mass is 19.1. The molecule has 1 heterocycles. The molecule has 0 aliphatic carbocycles. The molecule has 8 heteroatoms. The number of amides is 1. The molecule has 2 aromatic rings. The van der Waals surface area contributed by atoms with Gasteiger partial charge in [-0.05, 0) is 29.8 Å². The largest absolute Gasteiger partial charge is 0.494 e. The highest BCUT2D eigenvalue weighted by Gasteiger charge is 2.20. The van der Waals surface area contributed by atoms with Crippen LogP contribution < -0.4 is 10.1 Å². The summed E-state index contributed by atoms with van der Waals surface area (Å²) in [5.74, 6) is -2.01. The van der Waals surface area contributed by atoms with Gasteiger partial charge in [-0.15, -0.1) is 0 Å². The molecule has 1 fully saturated rings. The SMILES string of the molecule is COc1ccc(CN2CCN(CC(=O)Nc3ccc(F)cc3F)CC2)cc1F. The van der Waals surface area contributed by atoms with Crippen molar-refractivity contribution in [3.8, 4) is 5.75 Å². The van der Waals surface area contributed by atoms with Crippen molar-refractivity contribution < 1.29 is 22.7 Å². The smallest absolute Gasteiger partial charge is 0.238 e. The third-order valence-corrected chi connectivity index (χ3v) is 4.66. The van der Waals surface area contributed by atoms with E-state index < -0.39 is 11.6 Å². The summed E-state index contributed by atoms with van der Waals surface area (Å²) in [5.41, 5.74) is 0.822. The van der Waals surface area contributed by atoms with Gasteiger partial charge >= 0.3 is 0 Å². The number of halogens is 3. The zero-order valence-electron chi connectivity index (χ0n) is 15.6. The highest BCUT2D eigenvalue weighted by Crippen LogP contribution is 2.19. The lowest BCUT2D eigenvalue weighted by Gasteiger charge is -2.34. The van der Waals surface area contributed by atoms with Gasteiger partial charge in [0.15, 0.2) is 11.6 Å². The second-order valence-corrected chi connectivity index (χ2v) is 6.69. The molecule has 0 bridgehead atoms. The Labute approximate surface area is 161 Å². The molecule has 5 nitrogen and oxygen atoms in total. The van der Waals surface area contributed by atoms with E-state index in [4.69, 9.17) is 4.74 Å². The fraction of sp³-hybridized carbons (Fsp3) is 0.350. The van der Waals surface area contributed by atoms with Gasteiger partial charge in [-0.1, -0.05) is 6.07 Å². The topological polar surface area (TPSA) is 44.8 Å². The van der Waals surface area contributed by atoms with Gasteiger partial charge in [-0.3, -0.25) is 14.6 Å². The van der Waals surface area contributed by atoms with Gasteiger partial charge in [0, 0.05) is 38.8 Å². The minimum atomic E-state index is -0.801. The third-order valence-electron chi connectivity index (χ3n) is 4.66. The first kappa shape index (κ1) is 20.2. The zero-order valence-corrected chi connectivity index (χ0v) is 15.6. The maximum absolute atomic E-state index is 13.8. The van der Waals surface area contributed by atoms with Gasteiger partial charge in [0.25, 0.3) is 0 Å². The van der Waals surface area contributed by atoms with Crippen molar-refractivity contribution in [3.05, 3.63) is 59.4 Å². The average molecular weight is 393 g/mol. The Bertz CT molecular complexity index is 839. The summed E-state index contributed by atoms with van der Waals surface area (Å²) in [7, 11) is 1.43. The zero-order chi connectivity index (χ0) is 20.1. The van der Waals surface area contributed by atoms with E-state index in [1.54, 1.807) is 6.07 Å². The lowest BCUT2D eigenvalue weighted by molar-refractivity contribution is -0.117. The molecule has 1 aliphatic rings. The van der Waals surface area contributed by atoms with Crippen LogP contribution in [0.4, 0.5) is 18.9 Å². The van der Waals surface area contributed by atoms with Crippen molar-refractivity contribution in [2.75, 3.05) is 45.2 Å². The van der Waals surface area contributed by atoms with Gasteiger partial charge in [-0.25, -0.2) is 13.2 Å². The summed E-state index contributed by atoms with van der Waals surface area (Å²) in [6, 6.07) is 7.94. The maximum Gasteiger partial charge on any atom is 0.238 e. The number of rotatable bonds is 6. The van der Waals surface area contributed by atoms with E-state index in [1.807, 2.05) is 11.0 Å². The first-order valence-electron chi connectivity index (χ1n) is 8.96. The van der Waals surface area contributed by atoms with Gasteiger partial charge in [0.1, 0.15) is 11.6 Å². The number of methoxy groups -OCH3 is 1. The van der Waals surface area contributed by atoms with Crippen molar-refractivity contribution in [1.29, 1.82) is 0 Å². The van der Waals surface area contributed by atoms with E-state index in [0.717, 1.165) is 30.8 Å². The second-order valence-electron chi connectivity index (χ2n) is 6.69. The van der Waals surface area contributed by atoms with Crippen LogP contribution in [-0.4, -0.2) is 55.5 Å². The summed E-state index contributed by atoms with van der Waals surface area (Å²) in [4.78, 5) is 16.2. The minimum Gasteiger partial charge on any atom is -0.494 e. The molecule has 0 radical (unpaired) electrons. The van der Waals surface area contributed by atoms with Crippen LogP contribution in [-0.2, 0) is 11.3 Å². The first-order valence-corrected chi connectivity index (χ1v) is 8.96. The number of benzene rings is 2. The van der Waals surface area contributed by atoms with E-state index in [0.29, 0.717) is 19.6 Å². The van der Waals surface area contributed by atoms with Crippen molar-refractivity contribution in [3.63, 3.8) is 0 Å². The molecule has 0 aromatic heterocycles. The normalized spacial score (nSPS) is 15.4. The molecule has 3 rings (SSSR count). The Hall–Kier alpha value is -2.58. The number of carbonyl (C=O) groups excluding carboxylic acids is 1. The van der Waals surface area contributed by atoms with E-state index >= 15 is 0 Å². The number of ether oxygens (including phenoxy) is 1. The van der Waals surface area contributed by atoms with Gasteiger partial charge in [-0.2, -0.15) is 0 Å². The fourth-order valence-electron chi connectivity index (χ4n) is 3.16. The molecular formula is C20H22F3N3O2. The molecule has 0 unspecified atom stereocenters. The lowest BCUT2D eigenvalue weighted by atomic mass is 10.2. The highest BCUT2D eigenvalue weighted by molar-refractivity contribution is 5.92. The Kier molecular flexibility index (Phi) is 6.53. The van der Waals surface area contributed by atoms with Gasteiger partial charge in [0.2, 0.25) is 5.91 Å². The molecule has 2 aromatic carbocycles. The van der Waals surface area contributed by atoms with Crippen molar-refractivity contribution in [2.45, 2.75) is 6.54 Å². The Morgan fingerprint density at radius 1 is 1.00 bits per heavy atom. The molecule has 0 spiro atoms. The lowest BCUT2D eigenvalue weighted by Crippen LogP contribution is -2.48. The second kappa shape index (κ2) is 9.07.